The Bertz CT molecular complexity index is 1300. The van der Waals surface area contributed by atoms with E-state index in [1.807, 2.05) is 4.98 Å². The molecule has 0 saturated carbocycles. The number of esters is 1. The predicted octanol–water partition coefficient (Wildman–Crippen LogP) is 0.149. The average Bonchev–Trinajstić information content (AvgIpc) is 3.08. The lowest BCUT2D eigenvalue weighted by molar-refractivity contribution is -0.142. The van der Waals surface area contributed by atoms with E-state index in [1.54, 1.807) is 18.2 Å². The van der Waals surface area contributed by atoms with Crippen LogP contribution in [0.3, 0.4) is 0 Å². The molecule has 1 saturated heterocycles. The summed E-state index contributed by atoms with van der Waals surface area (Å²) in [7, 11) is -3.35. The summed E-state index contributed by atoms with van der Waals surface area (Å²) >= 11 is 0. The van der Waals surface area contributed by atoms with Crippen LogP contribution in [-0.4, -0.2) is 63.4 Å². The van der Waals surface area contributed by atoms with E-state index in [0.29, 0.717) is 0 Å². The molecule has 36 heavy (non-hydrogen) atoms. The van der Waals surface area contributed by atoms with Crippen molar-refractivity contribution in [3.63, 3.8) is 0 Å². The Morgan fingerprint density at radius 2 is 2.06 bits per heavy atom. The van der Waals surface area contributed by atoms with Crippen LogP contribution in [0.15, 0.2) is 57.3 Å². The molecular weight excluding hydrogens is 503 g/mol. The van der Waals surface area contributed by atoms with Crippen molar-refractivity contribution in [3.05, 3.63) is 73.9 Å². The van der Waals surface area contributed by atoms with Crippen LogP contribution in [-0.2, 0) is 23.4 Å². The number of para-hydroxylation sites is 1. The summed E-state index contributed by atoms with van der Waals surface area (Å²) in [6.07, 6.45) is -4.47. The van der Waals surface area contributed by atoms with Gasteiger partial charge in [-0.2, -0.15) is 5.09 Å². The van der Waals surface area contributed by atoms with E-state index in [9.17, 15) is 29.2 Å². The number of aliphatic hydroxyl groups excluding tert-OH is 2. The first-order valence-electron chi connectivity index (χ1n) is 10.3. The van der Waals surface area contributed by atoms with Gasteiger partial charge in [0.25, 0.3) is 5.56 Å². The summed E-state index contributed by atoms with van der Waals surface area (Å²) in [5.41, 5.74) is 4.99. The van der Waals surface area contributed by atoms with Crippen LogP contribution in [0.2, 0.25) is 0 Å². The second-order valence-corrected chi connectivity index (χ2v) is 9.24. The molecule has 3 rings (SSSR count). The zero-order chi connectivity index (χ0) is 26.5. The molecule has 17 heteroatoms. The van der Waals surface area contributed by atoms with Gasteiger partial charge in [0.05, 0.1) is 13.7 Å². The van der Waals surface area contributed by atoms with E-state index < -0.39 is 61.8 Å². The highest BCUT2D eigenvalue weighted by Gasteiger charge is 2.56. The first kappa shape index (κ1) is 27.1. The largest absolute Gasteiger partial charge is 0.468 e. The van der Waals surface area contributed by atoms with E-state index in [0.717, 1.165) is 23.9 Å². The fourth-order valence-corrected chi connectivity index (χ4v) is 4.80. The third-order valence-electron chi connectivity index (χ3n) is 5.06. The molecule has 0 radical (unpaired) electrons. The average molecular weight is 526 g/mol. The number of carbonyl (C=O) groups excluding carboxylic acids is 1. The first-order valence-corrected chi connectivity index (χ1v) is 11.8. The number of hydrogen-bond donors (Lipinski definition) is 4. The van der Waals surface area contributed by atoms with Crippen molar-refractivity contribution in [2.24, 2.45) is 5.11 Å². The van der Waals surface area contributed by atoms with E-state index in [-0.39, 0.29) is 5.75 Å². The second-order valence-electron chi connectivity index (χ2n) is 7.54. The number of aromatic nitrogens is 2. The van der Waals surface area contributed by atoms with Crippen LogP contribution in [0.4, 0.5) is 0 Å². The number of H-pyrrole nitrogens is 1. The monoisotopic (exact) mass is 526 g/mol. The fraction of sp³-hybridized carbons (Fsp3) is 0.421. The maximum Gasteiger partial charge on any atom is 0.459 e. The van der Waals surface area contributed by atoms with Gasteiger partial charge in [-0.3, -0.25) is 23.7 Å². The number of methoxy groups -OCH3 is 1. The van der Waals surface area contributed by atoms with E-state index in [2.05, 4.69) is 19.9 Å². The van der Waals surface area contributed by atoms with Gasteiger partial charge in [0, 0.05) is 17.2 Å². The molecule has 0 spiro atoms. The third kappa shape index (κ3) is 5.83. The van der Waals surface area contributed by atoms with Crippen LogP contribution >= 0.6 is 7.75 Å². The lowest BCUT2D eigenvalue weighted by Crippen LogP contribution is -2.45. The first-order chi connectivity index (χ1) is 17.0. The molecule has 1 fully saturated rings. The molecular formula is C19H23N6O10P. The highest BCUT2D eigenvalue weighted by atomic mass is 31.2. The molecule has 1 aromatic heterocycles. The molecule has 4 N–H and O–H groups in total. The quantitative estimate of drug-likeness (QED) is 0.107. The zero-order valence-electron chi connectivity index (χ0n) is 19.0. The minimum absolute atomic E-state index is 0.0776. The van der Waals surface area contributed by atoms with Gasteiger partial charge in [-0.05, 0) is 24.6 Å². The van der Waals surface area contributed by atoms with Gasteiger partial charge in [-0.15, -0.1) is 0 Å². The molecule has 0 amide bonds. The molecule has 1 aromatic carbocycles. The van der Waals surface area contributed by atoms with Crippen LogP contribution in [0.5, 0.6) is 5.75 Å². The number of nitrogens with zero attached hydrogens (tertiary/aromatic N) is 4. The Hall–Kier alpha value is -3.49. The van der Waals surface area contributed by atoms with Crippen LogP contribution in [0.1, 0.15) is 13.2 Å². The molecule has 1 unspecified atom stereocenters. The summed E-state index contributed by atoms with van der Waals surface area (Å²) in [6, 6.07) is 7.51. The van der Waals surface area contributed by atoms with E-state index >= 15 is 0 Å². The Labute approximate surface area is 202 Å². The lowest BCUT2D eigenvalue weighted by atomic mass is 10.1. The SMILES string of the molecule is COC(=O)[C@H](C)NP(=O)(OC[C@@]1(N=[N+]=[N-])O[C@@H](n2ccc(=O)[nH]c2=O)[C@H](O)[C@@H]1O)Oc1ccccc1. The number of aliphatic hydroxyl groups is 2. The number of azide groups is 1. The van der Waals surface area contributed by atoms with Crippen molar-refractivity contribution in [2.45, 2.75) is 37.1 Å². The summed E-state index contributed by atoms with van der Waals surface area (Å²) in [5, 5.41) is 27.0. The van der Waals surface area contributed by atoms with Gasteiger partial charge < -0.3 is 24.2 Å². The topological polar surface area (TPSA) is 227 Å². The van der Waals surface area contributed by atoms with Gasteiger partial charge in [0.15, 0.2) is 6.23 Å². The summed E-state index contributed by atoms with van der Waals surface area (Å²) in [4.78, 5) is 40.0. The number of hydrogen-bond acceptors (Lipinski definition) is 11. The van der Waals surface area contributed by atoms with Crippen molar-refractivity contribution in [3.8, 4) is 5.75 Å². The van der Waals surface area contributed by atoms with Gasteiger partial charge in [0.1, 0.15) is 24.0 Å². The third-order valence-corrected chi connectivity index (χ3v) is 6.68. The molecule has 2 aromatic rings. The molecule has 16 nitrogen and oxygen atoms in total. The fourth-order valence-electron chi connectivity index (χ4n) is 3.28. The molecule has 194 valence electrons. The molecule has 2 heterocycles. The van der Waals surface area contributed by atoms with Crippen LogP contribution in [0.25, 0.3) is 10.4 Å². The number of carbonyl (C=O) groups is 1. The predicted molar refractivity (Wildman–Crippen MR) is 121 cm³/mol. The Morgan fingerprint density at radius 3 is 2.67 bits per heavy atom. The minimum Gasteiger partial charge on any atom is -0.468 e. The van der Waals surface area contributed by atoms with Crippen LogP contribution in [0, 0.1) is 0 Å². The minimum atomic E-state index is -4.46. The van der Waals surface area contributed by atoms with Crippen molar-refractivity contribution in [2.75, 3.05) is 13.7 Å². The zero-order valence-corrected chi connectivity index (χ0v) is 19.8. The Kier molecular flexibility index (Phi) is 8.32. The summed E-state index contributed by atoms with van der Waals surface area (Å²) in [5.74, 6) is -0.723. The van der Waals surface area contributed by atoms with Gasteiger partial charge in [-0.1, -0.05) is 23.3 Å². The molecule has 1 aliphatic heterocycles. The van der Waals surface area contributed by atoms with Crippen LogP contribution < -0.4 is 20.9 Å². The van der Waals surface area contributed by atoms with Gasteiger partial charge in [0.2, 0.25) is 5.72 Å². The Balaban J connectivity index is 1.92. The van der Waals surface area contributed by atoms with Crippen molar-refractivity contribution in [1.82, 2.24) is 14.6 Å². The van der Waals surface area contributed by atoms with E-state index in [4.69, 9.17) is 19.3 Å². The number of aromatic amines is 1. The standard InChI is InChI=1S/C19H23N6O10P/c1-11(17(29)32-2)22-36(31,35-12-6-4-3-5-7-12)33-10-19(23-24-20)15(28)14(27)16(34-19)25-9-8-13(26)21-18(25)30/h3-9,11,14-16,27-28H,10H2,1-2H3,(H,22,31)(H,21,26,30)/t11-,14+,15-,16+,19+,36?/m0/s1. The van der Waals surface area contributed by atoms with Gasteiger partial charge >= 0.3 is 19.4 Å². The molecule has 1 aliphatic rings. The summed E-state index contributed by atoms with van der Waals surface area (Å²) < 4.78 is 35.3. The number of rotatable bonds is 10. The molecule has 0 aliphatic carbocycles. The normalized spacial score (nSPS) is 25.8. The highest BCUT2D eigenvalue weighted by Crippen LogP contribution is 2.48. The maximum atomic E-state index is 13.6. The lowest BCUT2D eigenvalue weighted by Gasteiger charge is -2.29. The van der Waals surface area contributed by atoms with Gasteiger partial charge in [-0.25, -0.2) is 9.36 Å². The summed E-state index contributed by atoms with van der Waals surface area (Å²) in [6.45, 7) is 0.359. The number of nitrogens with one attached hydrogen (secondary N) is 2. The van der Waals surface area contributed by atoms with Crippen molar-refractivity contribution < 1.29 is 38.1 Å². The number of ether oxygens (including phenoxy) is 2. The smallest absolute Gasteiger partial charge is 0.459 e. The second kappa shape index (κ2) is 11.1. The molecule has 0 bridgehead atoms. The van der Waals surface area contributed by atoms with Crippen molar-refractivity contribution in [1.29, 1.82) is 0 Å². The van der Waals surface area contributed by atoms with Crippen molar-refractivity contribution >= 4 is 13.7 Å². The maximum absolute atomic E-state index is 13.6. The van der Waals surface area contributed by atoms with E-state index in [1.165, 1.54) is 19.1 Å². The molecule has 6 atom stereocenters. The Morgan fingerprint density at radius 1 is 1.36 bits per heavy atom. The number of benzene rings is 1. The highest BCUT2D eigenvalue weighted by molar-refractivity contribution is 7.52.